The molecule has 0 radical (unpaired) electrons. The monoisotopic (exact) mass is 223 g/mol. The molecule has 0 saturated carbocycles. The molecule has 0 aliphatic heterocycles. The number of nitrogens with one attached hydrogen (secondary N) is 1. The second-order valence-corrected chi connectivity index (χ2v) is 4.83. The Kier molecular flexibility index (Phi) is 5.36. The molecule has 1 heterocycles. The molecule has 1 aromatic heterocycles. The van der Waals surface area contributed by atoms with Gasteiger partial charge in [0.15, 0.2) is 0 Å². The quantitative estimate of drug-likeness (QED) is 0.766. The Morgan fingerprint density at radius 1 is 1.38 bits per heavy atom. The maximum Gasteiger partial charge on any atom is 0.124 e. The van der Waals surface area contributed by atoms with E-state index < -0.39 is 0 Å². The van der Waals surface area contributed by atoms with Crippen molar-refractivity contribution in [2.45, 2.75) is 59.5 Å². The van der Waals surface area contributed by atoms with Crippen molar-refractivity contribution in [1.29, 1.82) is 0 Å². The molecule has 3 nitrogen and oxygen atoms in total. The van der Waals surface area contributed by atoms with Crippen LogP contribution in [0.3, 0.4) is 0 Å². The fourth-order valence-electron chi connectivity index (χ4n) is 1.88. The lowest BCUT2D eigenvalue weighted by Crippen LogP contribution is -2.21. The number of hydrogen-bond acceptors (Lipinski definition) is 2. The molecule has 0 spiro atoms. The van der Waals surface area contributed by atoms with Gasteiger partial charge in [-0.05, 0) is 18.8 Å². The maximum atomic E-state index is 4.36. The van der Waals surface area contributed by atoms with E-state index in [-0.39, 0.29) is 0 Å². The topological polar surface area (TPSA) is 29.9 Å². The highest BCUT2D eigenvalue weighted by molar-refractivity contribution is 5.35. The zero-order valence-corrected chi connectivity index (χ0v) is 11.0. The molecule has 1 N–H and O–H groups in total. The van der Waals surface area contributed by atoms with Crippen molar-refractivity contribution in [2.75, 3.05) is 5.32 Å². The fourth-order valence-corrected chi connectivity index (χ4v) is 1.88. The average molecular weight is 223 g/mol. The van der Waals surface area contributed by atoms with Crippen LogP contribution in [0.1, 0.15) is 47.0 Å². The van der Waals surface area contributed by atoms with Crippen LogP contribution < -0.4 is 5.32 Å². The summed E-state index contributed by atoms with van der Waals surface area (Å²) in [6.45, 7) is 9.88. The minimum absolute atomic E-state index is 0.576. The van der Waals surface area contributed by atoms with Crippen molar-refractivity contribution < 1.29 is 0 Å². The number of hydrogen-bond donors (Lipinski definition) is 1. The summed E-state index contributed by atoms with van der Waals surface area (Å²) in [6.07, 6.45) is 5.50. The molecule has 16 heavy (non-hydrogen) atoms. The molecule has 1 aromatic rings. The number of anilines is 1. The van der Waals surface area contributed by atoms with E-state index in [0.717, 1.165) is 12.4 Å². The molecule has 92 valence electrons. The Morgan fingerprint density at radius 3 is 2.69 bits per heavy atom. The van der Waals surface area contributed by atoms with Crippen LogP contribution in [0.5, 0.6) is 0 Å². The van der Waals surface area contributed by atoms with Crippen molar-refractivity contribution in [3.8, 4) is 0 Å². The van der Waals surface area contributed by atoms with Crippen LogP contribution in [0.15, 0.2) is 12.3 Å². The van der Waals surface area contributed by atoms with Crippen molar-refractivity contribution >= 4 is 5.82 Å². The summed E-state index contributed by atoms with van der Waals surface area (Å²) in [5.41, 5.74) is 0. The highest BCUT2D eigenvalue weighted by atomic mass is 15.3. The minimum atomic E-state index is 0.576. The molecule has 0 amide bonds. The zero-order chi connectivity index (χ0) is 12.0. The van der Waals surface area contributed by atoms with Gasteiger partial charge in [-0.2, -0.15) is 5.10 Å². The Bertz CT molecular complexity index is 291. The van der Waals surface area contributed by atoms with Gasteiger partial charge < -0.3 is 5.32 Å². The van der Waals surface area contributed by atoms with Gasteiger partial charge in [0.05, 0.1) is 6.20 Å². The van der Waals surface area contributed by atoms with Crippen LogP contribution in [-0.4, -0.2) is 15.8 Å². The van der Waals surface area contributed by atoms with Gasteiger partial charge in [-0.15, -0.1) is 0 Å². The highest BCUT2D eigenvalue weighted by Gasteiger charge is 2.09. The van der Waals surface area contributed by atoms with Gasteiger partial charge in [-0.25, -0.2) is 4.68 Å². The molecule has 0 aliphatic carbocycles. The summed E-state index contributed by atoms with van der Waals surface area (Å²) in [4.78, 5) is 0. The van der Waals surface area contributed by atoms with E-state index in [4.69, 9.17) is 0 Å². The largest absolute Gasteiger partial charge is 0.368 e. The Labute approximate surface area is 99.2 Å². The summed E-state index contributed by atoms with van der Waals surface area (Å²) in [5, 5.41) is 7.94. The van der Waals surface area contributed by atoms with Gasteiger partial charge in [0.1, 0.15) is 5.82 Å². The van der Waals surface area contributed by atoms with E-state index in [1.165, 1.54) is 19.3 Å². The van der Waals surface area contributed by atoms with E-state index in [0.29, 0.717) is 12.0 Å². The van der Waals surface area contributed by atoms with Crippen molar-refractivity contribution in [3.63, 3.8) is 0 Å². The van der Waals surface area contributed by atoms with Crippen LogP contribution in [0, 0.1) is 5.92 Å². The number of rotatable bonds is 7. The third-order valence-corrected chi connectivity index (χ3v) is 2.74. The van der Waals surface area contributed by atoms with Crippen LogP contribution in [-0.2, 0) is 6.54 Å². The van der Waals surface area contributed by atoms with Crippen molar-refractivity contribution in [2.24, 2.45) is 5.92 Å². The third kappa shape index (κ3) is 3.87. The molecule has 1 unspecified atom stereocenters. The number of aromatic nitrogens is 2. The molecular formula is C13H25N3. The van der Waals surface area contributed by atoms with Gasteiger partial charge in [0.2, 0.25) is 0 Å². The zero-order valence-electron chi connectivity index (χ0n) is 11.0. The van der Waals surface area contributed by atoms with Crippen molar-refractivity contribution in [3.05, 3.63) is 12.3 Å². The summed E-state index contributed by atoms with van der Waals surface area (Å²) in [5.74, 6) is 1.79. The van der Waals surface area contributed by atoms with E-state index in [1.54, 1.807) is 0 Å². The van der Waals surface area contributed by atoms with Gasteiger partial charge in [0, 0.05) is 18.7 Å². The molecule has 0 aliphatic rings. The lowest BCUT2D eigenvalue weighted by atomic mass is 10.1. The van der Waals surface area contributed by atoms with Gasteiger partial charge in [-0.1, -0.05) is 34.1 Å². The Balaban J connectivity index is 2.61. The van der Waals surface area contributed by atoms with Crippen LogP contribution in [0.2, 0.25) is 0 Å². The lowest BCUT2D eigenvalue weighted by Gasteiger charge is -2.19. The Hall–Kier alpha value is -0.990. The third-order valence-electron chi connectivity index (χ3n) is 2.74. The molecule has 0 aromatic carbocycles. The summed E-state index contributed by atoms with van der Waals surface area (Å²) >= 11 is 0. The second kappa shape index (κ2) is 6.56. The van der Waals surface area contributed by atoms with E-state index in [2.05, 4.69) is 48.9 Å². The summed E-state index contributed by atoms with van der Waals surface area (Å²) < 4.78 is 2.07. The molecule has 1 atom stereocenters. The highest BCUT2D eigenvalue weighted by Crippen LogP contribution is 2.14. The molecule has 0 fully saturated rings. The van der Waals surface area contributed by atoms with Gasteiger partial charge >= 0.3 is 0 Å². The first-order valence-electron chi connectivity index (χ1n) is 6.45. The predicted molar refractivity (Wildman–Crippen MR) is 69.7 cm³/mol. The fraction of sp³-hybridized carbons (Fsp3) is 0.769. The molecule has 1 rings (SSSR count). The standard InChI is InChI=1S/C13H25N3/c1-5-7-12(6-2)15-13-8-9-14-16(13)10-11(3)4/h8-9,11-12,15H,5-7,10H2,1-4H3. The maximum absolute atomic E-state index is 4.36. The smallest absolute Gasteiger partial charge is 0.124 e. The Morgan fingerprint density at radius 2 is 2.12 bits per heavy atom. The predicted octanol–water partition coefficient (Wildman–Crippen LogP) is 3.53. The lowest BCUT2D eigenvalue weighted by molar-refractivity contribution is 0.483. The molecule has 0 bridgehead atoms. The van der Waals surface area contributed by atoms with Crippen LogP contribution >= 0.6 is 0 Å². The first-order valence-corrected chi connectivity index (χ1v) is 6.45. The molecule has 3 heteroatoms. The summed E-state index contributed by atoms with van der Waals surface area (Å²) in [7, 11) is 0. The van der Waals surface area contributed by atoms with E-state index >= 15 is 0 Å². The van der Waals surface area contributed by atoms with Crippen molar-refractivity contribution in [1.82, 2.24) is 9.78 Å². The van der Waals surface area contributed by atoms with Gasteiger partial charge in [0.25, 0.3) is 0 Å². The minimum Gasteiger partial charge on any atom is -0.368 e. The van der Waals surface area contributed by atoms with E-state index in [9.17, 15) is 0 Å². The molecular weight excluding hydrogens is 198 g/mol. The second-order valence-electron chi connectivity index (χ2n) is 4.83. The van der Waals surface area contributed by atoms with Crippen LogP contribution in [0.4, 0.5) is 5.82 Å². The van der Waals surface area contributed by atoms with E-state index in [1.807, 2.05) is 6.20 Å². The molecule has 0 saturated heterocycles. The summed E-state index contributed by atoms with van der Waals surface area (Å²) in [6, 6.07) is 2.65. The average Bonchev–Trinajstić information content (AvgIpc) is 2.64. The number of nitrogens with zero attached hydrogens (tertiary/aromatic N) is 2. The SMILES string of the molecule is CCCC(CC)Nc1ccnn1CC(C)C. The normalized spacial score (nSPS) is 13.1. The van der Waals surface area contributed by atoms with Crippen LogP contribution in [0.25, 0.3) is 0 Å². The first-order chi connectivity index (χ1) is 7.67. The first kappa shape index (κ1) is 13.1. The van der Waals surface area contributed by atoms with Gasteiger partial charge in [-0.3, -0.25) is 0 Å².